The molecule has 0 aliphatic carbocycles. The number of aryl methyl sites for hydroxylation is 1. The lowest BCUT2D eigenvalue weighted by Crippen LogP contribution is -2.16. The number of ether oxygens (including phenoxy) is 1. The van der Waals surface area contributed by atoms with Gasteiger partial charge in [0.1, 0.15) is 5.75 Å². The molecule has 1 N–H and O–H groups in total. The van der Waals surface area contributed by atoms with Crippen LogP contribution >= 0.6 is 11.8 Å². The zero-order chi connectivity index (χ0) is 19.9. The number of amides is 1. The maximum absolute atomic E-state index is 12.3. The summed E-state index contributed by atoms with van der Waals surface area (Å²) in [6.07, 6.45) is -0.245. The van der Waals surface area contributed by atoms with Crippen LogP contribution < -0.4 is 10.1 Å². The third kappa shape index (κ3) is 4.92. The van der Waals surface area contributed by atoms with Gasteiger partial charge >= 0.3 is 0 Å². The van der Waals surface area contributed by atoms with Crippen LogP contribution in [-0.2, 0) is 11.3 Å². The van der Waals surface area contributed by atoms with Crippen LogP contribution in [0.2, 0.25) is 0 Å². The number of rotatable bonds is 8. The van der Waals surface area contributed by atoms with Crippen molar-refractivity contribution >= 4 is 23.4 Å². The van der Waals surface area contributed by atoms with E-state index in [1.807, 2.05) is 79.9 Å². The van der Waals surface area contributed by atoms with Crippen molar-refractivity contribution in [2.45, 2.75) is 38.6 Å². The van der Waals surface area contributed by atoms with Crippen LogP contribution in [0.1, 0.15) is 31.3 Å². The molecule has 3 aromatic rings. The summed E-state index contributed by atoms with van der Waals surface area (Å²) in [7, 11) is 0. The van der Waals surface area contributed by atoms with Gasteiger partial charge in [0.05, 0.1) is 5.75 Å². The summed E-state index contributed by atoms with van der Waals surface area (Å²) in [4.78, 5) is 12.3. The molecule has 2 aromatic carbocycles. The van der Waals surface area contributed by atoms with Crippen molar-refractivity contribution in [2.24, 2.45) is 0 Å². The molecule has 3 rings (SSSR count). The van der Waals surface area contributed by atoms with E-state index < -0.39 is 0 Å². The monoisotopic (exact) mass is 396 g/mol. The fraction of sp³-hybridized carbons (Fsp3) is 0.286. The topological polar surface area (TPSA) is 69.0 Å². The maximum atomic E-state index is 12.3. The van der Waals surface area contributed by atoms with Gasteiger partial charge in [-0.2, -0.15) is 0 Å². The Bertz CT molecular complexity index is 927. The number of para-hydroxylation sites is 2. The van der Waals surface area contributed by atoms with Gasteiger partial charge in [-0.15, -0.1) is 10.2 Å². The van der Waals surface area contributed by atoms with Gasteiger partial charge in [0.25, 0.3) is 0 Å². The summed E-state index contributed by atoms with van der Waals surface area (Å²) in [5.74, 6) is 1.72. The van der Waals surface area contributed by atoms with Crippen LogP contribution in [0.5, 0.6) is 5.75 Å². The lowest BCUT2D eigenvalue weighted by atomic mass is 10.2. The molecule has 1 amide bonds. The van der Waals surface area contributed by atoms with Gasteiger partial charge in [0, 0.05) is 12.2 Å². The molecule has 6 nitrogen and oxygen atoms in total. The van der Waals surface area contributed by atoms with E-state index in [0.717, 1.165) is 22.8 Å². The standard InChI is InChI=1S/C21H24N4O2S/c1-4-25-20(16(3)27-17-11-6-5-7-12-17)23-24-21(25)28-14-19(26)22-18-13-9-8-10-15(18)2/h5-13,16H,4,14H2,1-3H3,(H,22,26). The van der Waals surface area contributed by atoms with Gasteiger partial charge in [-0.25, -0.2) is 0 Å². The summed E-state index contributed by atoms with van der Waals surface area (Å²) in [5.41, 5.74) is 1.86. The van der Waals surface area contributed by atoms with Gasteiger partial charge < -0.3 is 14.6 Å². The van der Waals surface area contributed by atoms with Crippen LogP contribution in [0.15, 0.2) is 59.8 Å². The number of nitrogens with one attached hydrogen (secondary N) is 1. The molecule has 28 heavy (non-hydrogen) atoms. The second-order valence-electron chi connectivity index (χ2n) is 6.31. The number of nitrogens with zero attached hydrogens (tertiary/aromatic N) is 3. The third-order valence-electron chi connectivity index (χ3n) is 4.23. The van der Waals surface area contributed by atoms with E-state index in [0.29, 0.717) is 11.7 Å². The molecule has 0 aliphatic heterocycles. The Kier molecular flexibility index (Phi) is 6.71. The van der Waals surface area contributed by atoms with Gasteiger partial charge in [-0.05, 0) is 44.5 Å². The van der Waals surface area contributed by atoms with E-state index in [1.54, 1.807) is 0 Å². The van der Waals surface area contributed by atoms with Gasteiger partial charge in [0.2, 0.25) is 5.91 Å². The second kappa shape index (κ2) is 9.41. The van der Waals surface area contributed by atoms with Crippen molar-refractivity contribution in [3.05, 3.63) is 66.0 Å². The molecule has 0 spiro atoms. The molecule has 1 aromatic heterocycles. The summed E-state index contributed by atoms with van der Waals surface area (Å²) < 4.78 is 7.95. The molecule has 146 valence electrons. The number of thioether (sulfide) groups is 1. The Morgan fingerprint density at radius 3 is 2.57 bits per heavy atom. The number of hydrogen-bond acceptors (Lipinski definition) is 5. The maximum Gasteiger partial charge on any atom is 0.234 e. The second-order valence-corrected chi connectivity index (χ2v) is 7.25. The van der Waals surface area contributed by atoms with Crippen LogP contribution in [0, 0.1) is 6.92 Å². The van der Waals surface area contributed by atoms with E-state index in [2.05, 4.69) is 15.5 Å². The highest BCUT2D eigenvalue weighted by molar-refractivity contribution is 7.99. The molecule has 0 saturated carbocycles. The zero-order valence-electron chi connectivity index (χ0n) is 16.3. The van der Waals surface area contributed by atoms with Crippen LogP contribution in [-0.4, -0.2) is 26.4 Å². The van der Waals surface area contributed by atoms with E-state index >= 15 is 0 Å². The molecule has 0 aliphatic rings. The molecule has 1 atom stereocenters. The Morgan fingerprint density at radius 1 is 1.14 bits per heavy atom. The fourth-order valence-corrected chi connectivity index (χ4v) is 3.60. The largest absolute Gasteiger partial charge is 0.483 e. The number of hydrogen-bond donors (Lipinski definition) is 1. The molecule has 1 heterocycles. The minimum Gasteiger partial charge on any atom is -0.483 e. The number of carbonyl (C=O) groups excluding carboxylic acids is 1. The van der Waals surface area contributed by atoms with Crippen molar-refractivity contribution in [3.8, 4) is 5.75 Å². The average Bonchev–Trinajstić information content (AvgIpc) is 3.12. The molecule has 7 heteroatoms. The van der Waals surface area contributed by atoms with Crippen LogP contribution in [0.4, 0.5) is 5.69 Å². The molecule has 0 fully saturated rings. The number of anilines is 1. The number of aromatic nitrogens is 3. The SMILES string of the molecule is CCn1c(SCC(=O)Nc2ccccc2C)nnc1C(C)Oc1ccccc1. The first-order chi connectivity index (χ1) is 13.6. The summed E-state index contributed by atoms with van der Waals surface area (Å²) in [6, 6.07) is 17.4. The van der Waals surface area contributed by atoms with Crippen molar-refractivity contribution in [2.75, 3.05) is 11.1 Å². The Balaban J connectivity index is 1.63. The normalized spacial score (nSPS) is 11.8. The van der Waals surface area contributed by atoms with Crippen molar-refractivity contribution in [1.29, 1.82) is 0 Å². The lowest BCUT2D eigenvalue weighted by Gasteiger charge is -2.15. The highest BCUT2D eigenvalue weighted by Crippen LogP contribution is 2.24. The first-order valence-corrected chi connectivity index (χ1v) is 10.2. The van der Waals surface area contributed by atoms with Crippen molar-refractivity contribution in [1.82, 2.24) is 14.8 Å². The quantitative estimate of drug-likeness (QED) is 0.569. The van der Waals surface area contributed by atoms with Crippen LogP contribution in [0.25, 0.3) is 0 Å². The molecular weight excluding hydrogens is 372 g/mol. The summed E-state index contributed by atoms with van der Waals surface area (Å²) in [5, 5.41) is 12.2. The van der Waals surface area contributed by atoms with Gasteiger partial charge in [0.15, 0.2) is 17.1 Å². The van der Waals surface area contributed by atoms with E-state index in [-0.39, 0.29) is 17.8 Å². The summed E-state index contributed by atoms with van der Waals surface area (Å²) >= 11 is 1.37. The highest BCUT2D eigenvalue weighted by atomic mass is 32.2. The third-order valence-corrected chi connectivity index (χ3v) is 5.20. The van der Waals surface area contributed by atoms with Crippen molar-refractivity contribution < 1.29 is 9.53 Å². The fourth-order valence-electron chi connectivity index (χ4n) is 2.79. The molecule has 0 bridgehead atoms. The Hall–Kier alpha value is -2.80. The van der Waals surface area contributed by atoms with Crippen molar-refractivity contribution in [3.63, 3.8) is 0 Å². The van der Waals surface area contributed by atoms with Gasteiger partial charge in [-0.3, -0.25) is 4.79 Å². The zero-order valence-corrected chi connectivity index (χ0v) is 17.1. The predicted molar refractivity (Wildman–Crippen MR) is 112 cm³/mol. The first kappa shape index (κ1) is 19.9. The number of benzene rings is 2. The molecule has 0 radical (unpaired) electrons. The smallest absolute Gasteiger partial charge is 0.234 e. The van der Waals surface area contributed by atoms with Gasteiger partial charge in [-0.1, -0.05) is 48.2 Å². The average molecular weight is 397 g/mol. The Morgan fingerprint density at radius 2 is 1.86 bits per heavy atom. The van der Waals surface area contributed by atoms with Crippen LogP contribution in [0.3, 0.4) is 0 Å². The molecule has 1 unspecified atom stereocenters. The molecule has 0 saturated heterocycles. The Labute approximate surface area is 169 Å². The highest BCUT2D eigenvalue weighted by Gasteiger charge is 2.19. The summed E-state index contributed by atoms with van der Waals surface area (Å²) in [6.45, 7) is 6.64. The predicted octanol–water partition coefficient (Wildman–Crippen LogP) is 4.48. The van der Waals surface area contributed by atoms with E-state index in [1.165, 1.54) is 11.8 Å². The first-order valence-electron chi connectivity index (χ1n) is 9.21. The minimum atomic E-state index is -0.245. The molecular formula is C21H24N4O2S. The lowest BCUT2D eigenvalue weighted by molar-refractivity contribution is -0.113. The van der Waals surface area contributed by atoms with E-state index in [9.17, 15) is 4.79 Å². The number of carbonyl (C=O) groups is 1. The minimum absolute atomic E-state index is 0.0694. The van der Waals surface area contributed by atoms with E-state index in [4.69, 9.17) is 4.74 Å².